The number of rotatable bonds is 2. The van der Waals surface area contributed by atoms with Crippen molar-refractivity contribution in [1.29, 1.82) is 0 Å². The highest BCUT2D eigenvalue weighted by Crippen LogP contribution is 2.36. The van der Waals surface area contributed by atoms with Crippen LogP contribution in [0.15, 0.2) is 28.7 Å². The molecule has 2 nitrogen and oxygen atoms in total. The molecule has 0 N–H and O–H groups in total. The van der Waals surface area contributed by atoms with E-state index in [0.717, 1.165) is 29.2 Å². The van der Waals surface area contributed by atoms with Gasteiger partial charge in [-0.25, -0.2) is 0 Å². The maximum absolute atomic E-state index is 11.4. The number of carbonyl (C=O) groups excluding carboxylic acids is 1. The lowest BCUT2D eigenvalue weighted by Crippen LogP contribution is -2.35. The minimum Gasteiger partial charge on any atom is -0.381 e. The van der Waals surface area contributed by atoms with Gasteiger partial charge >= 0.3 is 0 Å². The molecule has 0 aromatic heterocycles. The van der Waals surface area contributed by atoms with E-state index >= 15 is 0 Å². The van der Waals surface area contributed by atoms with Crippen LogP contribution in [0.3, 0.4) is 0 Å². The SMILES string of the molecule is O=CC1(c2ccccc2Br)CCOCC1. The molecule has 1 aliphatic rings. The number of carbonyl (C=O) groups is 1. The van der Waals surface area contributed by atoms with Crippen LogP contribution in [-0.2, 0) is 14.9 Å². The highest BCUT2D eigenvalue weighted by atomic mass is 79.9. The summed E-state index contributed by atoms with van der Waals surface area (Å²) < 4.78 is 6.33. The Balaban J connectivity index is 2.41. The minimum atomic E-state index is -0.349. The van der Waals surface area contributed by atoms with Gasteiger partial charge in [-0.2, -0.15) is 0 Å². The summed E-state index contributed by atoms with van der Waals surface area (Å²) in [4.78, 5) is 11.4. The maximum atomic E-state index is 11.4. The number of benzene rings is 1. The first-order chi connectivity index (χ1) is 7.28. The Bertz CT molecular complexity index is 356. The summed E-state index contributed by atoms with van der Waals surface area (Å²) in [5.74, 6) is 0. The molecule has 0 spiro atoms. The van der Waals surface area contributed by atoms with E-state index < -0.39 is 0 Å². The lowest BCUT2D eigenvalue weighted by molar-refractivity contribution is -0.115. The minimum absolute atomic E-state index is 0.349. The Labute approximate surface area is 97.8 Å². The number of aldehydes is 1. The second kappa shape index (κ2) is 4.45. The summed E-state index contributed by atoms with van der Waals surface area (Å²) >= 11 is 3.51. The van der Waals surface area contributed by atoms with Gasteiger partial charge in [-0.1, -0.05) is 34.1 Å². The van der Waals surface area contributed by atoms with Crippen molar-refractivity contribution in [2.75, 3.05) is 13.2 Å². The monoisotopic (exact) mass is 268 g/mol. The summed E-state index contributed by atoms with van der Waals surface area (Å²) in [6, 6.07) is 7.94. The smallest absolute Gasteiger partial charge is 0.130 e. The predicted octanol–water partition coefficient (Wildman–Crippen LogP) is 2.70. The van der Waals surface area contributed by atoms with Crippen LogP contribution in [0.4, 0.5) is 0 Å². The molecular weight excluding hydrogens is 256 g/mol. The Morgan fingerprint density at radius 3 is 2.53 bits per heavy atom. The number of hydrogen-bond donors (Lipinski definition) is 0. The van der Waals surface area contributed by atoms with Crippen molar-refractivity contribution in [2.24, 2.45) is 0 Å². The van der Waals surface area contributed by atoms with E-state index in [4.69, 9.17) is 4.74 Å². The van der Waals surface area contributed by atoms with E-state index in [2.05, 4.69) is 15.9 Å². The first-order valence-electron chi connectivity index (χ1n) is 5.08. The fourth-order valence-corrected chi connectivity index (χ4v) is 2.73. The van der Waals surface area contributed by atoms with E-state index in [9.17, 15) is 4.79 Å². The zero-order valence-corrected chi connectivity index (χ0v) is 10.00. The lowest BCUT2D eigenvalue weighted by atomic mass is 9.75. The van der Waals surface area contributed by atoms with E-state index in [1.54, 1.807) is 0 Å². The van der Waals surface area contributed by atoms with Crippen molar-refractivity contribution in [3.63, 3.8) is 0 Å². The molecule has 1 aromatic carbocycles. The summed E-state index contributed by atoms with van der Waals surface area (Å²) in [5.41, 5.74) is 0.738. The molecular formula is C12H13BrO2. The zero-order valence-electron chi connectivity index (χ0n) is 8.41. The first-order valence-corrected chi connectivity index (χ1v) is 5.87. The summed E-state index contributed by atoms with van der Waals surface area (Å²) in [7, 11) is 0. The van der Waals surface area contributed by atoms with Crippen LogP contribution in [0.5, 0.6) is 0 Å². The van der Waals surface area contributed by atoms with Gasteiger partial charge in [-0.3, -0.25) is 0 Å². The zero-order chi connectivity index (χ0) is 10.7. The van der Waals surface area contributed by atoms with Gasteiger partial charge in [0.2, 0.25) is 0 Å². The van der Waals surface area contributed by atoms with E-state index in [-0.39, 0.29) is 5.41 Å². The van der Waals surface area contributed by atoms with Gasteiger partial charge in [-0.05, 0) is 24.5 Å². The Morgan fingerprint density at radius 1 is 1.27 bits per heavy atom. The van der Waals surface area contributed by atoms with Crippen LogP contribution in [0.2, 0.25) is 0 Å². The van der Waals surface area contributed by atoms with Crippen LogP contribution < -0.4 is 0 Å². The summed E-state index contributed by atoms with van der Waals surface area (Å²) in [6.45, 7) is 1.33. The Hall–Kier alpha value is -0.670. The van der Waals surface area contributed by atoms with Gasteiger partial charge in [-0.15, -0.1) is 0 Å². The van der Waals surface area contributed by atoms with Gasteiger partial charge in [0.15, 0.2) is 0 Å². The highest BCUT2D eigenvalue weighted by molar-refractivity contribution is 9.10. The average Bonchev–Trinajstić information content (AvgIpc) is 2.30. The molecule has 0 unspecified atom stereocenters. The molecule has 0 saturated carbocycles. The third-order valence-electron chi connectivity index (χ3n) is 3.02. The second-order valence-corrected chi connectivity index (χ2v) is 4.72. The van der Waals surface area contributed by atoms with Crippen LogP contribution in [0.25, 0.3) is 0 Å². The van der Waals surface area contributed by atoms with Crippen molar-refractivity contribution in [3.8, 4) is 0 Å². The molecule has 0 aliphatic carbocycles. The van der Waals surface area contributed by atoms with Crippen molar-refractivity contribution in [1.82, 2.24) is 0 Å². The topological polar surface area (TPSA) is 26.3 Å². The fraction of sp³-hybridized carbons (Fsp3) is 0.417. The molecule has 1 heterocycles. The van der Waals surface area contributed by atoms with Crippen LogP contribution in [-0.4, -0.2) is 19.5 Å². The van der Waals surface area contributed by atoms with E-state index in [1.165, 1.54) is 0 Å². The Morgan fingerprint density at radius 2 is 1.93 bits per heavy atom. The van der Waals surface area contributed by atoms with Crippen LogP contribution in [0.1, 0.15) is 18.4 Å². The fourth-order valence-electron chi connectivity index (χ4n) is 2.05. The number of ether oxygens (including phenoxy) is 1. The van der Waals surface area contributed by atoms with E-state index in [0.29, 0.717) is 13.2 Å². The molecule has 80 valence electrons. The van der Waals surface area contributed by atoms with Gasteiger partial charge in [0.1, 0.15) is 6.29 Å². The predicted molar refractivity (Wildman–Crippen MR) is 61.9 cm³/mol. The first kappa shape index (κ1) is 10.8. The molecule has 0 atom stereocenters. The molecule has 2 rings (SSSR count). The molecule has 1 aromatic rings. The molecule has 15 heavy (non-hydrogen) atoms. The standard InChI is InChI=1S/C12H13BrO2/c13-11-4-2-1-3-10(11)12(9-14)5-7-15-8-6-12/h1-4,9H,5-8H2. The third-order valence-corrected chi connectivity index (χ3v) is 3.71. The Kier molecular flexibility index (Phi) is 3.22. The molecule has 0 amide bonds. The molecule has 3 heteroatoms. The van der Waals surface area contributed by atoms with Crippen molar-refractivity contribution in [3.05, 3.63) is 34.3 Å². The molecule has 0 bridgehead atoms. The third kappa shape index (κ3) is 1.99. The van der Waals surface area contributed by atoms with Crippen LogP contribution in [0, 0.1) is 0 Å². The average molecular weight is 269 g/mol. The number of halogens is 1. The van der Waals surface area contributed by atoms with Crippen molar-refractivity contribution >= 4 is 22.2 Å². The summed E-state index contributed by atoms with van der Waals surface area (Å²) in [5, 5.41) is 0. The number of hydrogen-bond acceptors (Lipinski definition) is 2. The quantitative estimate of drug-likeness (QED) is 0.771. The normalized spacial score (nSPS) is 19.8. The van der Waals surface area contributed by atoms with Crippen LogP contribution >= 0.6 is 15.9 Å². The molecule has 1 fully saturated rings. The second-order valence-electron chi connectivity index (χ2n) is 3.87. The maximum Gasteiger partial charge on any atom is 0.130 e. The van der Waals surface area contributed by atoms with Gasteiger partial charge < -0.3 is 9.53 Å². The van der Waals surface area contributed by atoms with Gasteiger partial charge in [0.25, 0.3) is 0 Å². The summed E-state index contributed by atoms with van der Waals surface area (Å²) in [6.07, 6.45) is 2.63. The van der Waals surface area contributed by atoms with Gasteiger partial charge in [0.05, 0.1) is 5.41 Å². The van der Waals surface area contributed by atoms with Crippen molar-refractivity contribution in [2.45, 2.75) is 18.3 Å². The lowest BCUT2D eigenvalue weighted by Gasteiger charge is -2.33. The van der Waals surface area contributed by atoms with E-state index in [1.807, 2.05) is 24.3 Å². The van der Waals surface area contributed by atoms with Crippen molar-refractivity contribution < 1.29 is 9.53 Å². The highest BCUT2D eigenvalue weighted by Gasteiger charge is 2.35. The van der Waals surface area contributed by atoms with Gasteiger partial charge in [0, 0.05) is 17.7 Å². The molecule has 1 saturated heterocycles. The molecule has 0 radical (unpaired) electrons. The molecule has 1 aliphatic heterocycles. The largest absolute Gasteiger partial charge is 0.381 e.